The summed E-state index contributed by atoms with van der Waals surface area (Å²) in [6.45, 7) is 2.24. The van der Waals surface area contributed by atoms with E-state index >= 15 is 0 Å². The van der Waals surface area contributed by atoms with Crippen LogP contribution in [0.2, 0.25) is 5.02 Å². The second kappa shape index (κ2) is 9.65. The van der Waals surface area contributed by atoms with E-state index in [0.29, 0.717) is 29.0 Å². The van der Waals surface area contributed by atoms with Gasteiger partial charge in [-0.1, -0.05) is 11.6 Å². The Balaban J connectivity index is 1.42. The van der Waals surface area contributed by atoms with E-state index in [1.165, 1.54) is 0 Å². The maximum atomic E-state index is 10.7. The van der Waals surface area contributed by atoms with E-state index in [-0.39, 0.29) is 5.92 Å². The predicted octanol–water partition coefficient (Wildman–Crippen LogP) is 4.44. The van der Waals surface area contributed by atoms with Crippen molar-refractivity contribution >= 4 is 29.4 Å². The second-order valence-electron chi connectivity index (χ2n) is 7.10. The molecule has 1 fully saturated rings. The monoisotopic (exact) mass is 423 g/mol. The highest BCUT2D eigenvalue weighted by molar-refractivity contribution is 6.30. The Morgan fingerprint density at radius 1 is 1.07 bits per heavy atom. The minimum Gasteiger partial charge on any atom is -0.437 e. The number of hydrogen-bond donors (Lipinski definition) is 1. The number of halogens is 1. The van der Waals surface area contributed by atoms with E-state index in [0.717, 1.165) is 43.6 Å². The number of nitrogens with one attached hydrogen (secondary N) is 1. The molecule has 1 aliphatic rings. The fourth-order valence-electron chi connectivity index (χ4n) is 3.50. The average molecular weight is 424 g/mol. The lowest BCUT2D eigenvalue weighted by Gasteiger charge is -2.30. The normalized spacial score (nSPS) is 15.0. The van der Waals surface area contributed by atoms with Gasteiger partial charge in [0.05, 0.1) is 11.6 Å². The zero-order valence-electron chi connectivity index (χ0n) is 16.4. The van der Waals surface area contributed by atoms with Crippen molar-refractivity contribution in [2.24, 2.45) is 0 Å². The smallest absolute Gasteiger partial charge is 0.241 e. The summed E-state index contributed by atoms with van der Waals surface area (Å²) in [4.78, 5) is 26.1. The molecule has 7 nitrogen and oxygen atoms in total. The molecule has 3 aromatic rings. The topological polar surface area (TPSA) is 80.2 Å². The molecule has 8 heteroatoms. The zero-order valence-corrected chi connectivity index (χ0v) is 17.1. The number of hydrogen-bond acceptors (Lipinski definition) is 7. The fourth-order valence-corrected chi connectivity index (χ4v) is 3.62. The van der Waals surface area contributed by atoms with E-state index in [2.05, 4.69) is 25.2 Å². The molecule has 2 aromatic heterocycles. The summed E-state index contributed by atoms with van der Waals surface area (Å²) in [5.41, 5.74) is 1.76. The maximum Gasteiger partial charge on any atom is 0.241 e. The fraction of sp³-hybridized carbons (Fsp3) is 0.273. The van der Waals surface area contributed by atoms with Crippen LogP contribution in [0.15, 0.2) is 55.0 Å². The predicted molar refractivity (Wildman–Crippen MR) is 116 cm³/mol. The largest absolute Gasteiger partial charge is 0.437 e. The minimum absolute atomic E-state index is 0.272. The van der Waals surface area contributed by atoms with Crippen LogP contribution >= 0.6 is 11.6 Å². The molecule has 1 aliphatic heterocycles. The Hall–Kier alpha value is -3.03. The molecule has 1 aromatic carbocycles. The number of piperidine rings is 1. The van der Waals surface area contributed by atoms with Gasteiger partial charge in [0, 0.05) is 30.2 Å². The van der Waals surface area contributed by atoms with Gasteiger partial charge in [-0.3, -0.25) is 9.88 Å². The lowest BCUT2D eigenvalue weighted by atomic mass is 9.93. The Morgan fingerprint density at radius 2 is 1.83 bits per heavy atom. The molecule has 4 rings (SSSR count). The maximum absolute atomic E-state index is 10.7. The standard InChI is InChI=1S/C22H22ClN5O2/c23-17-1-6-20(26-15-17)27-18-2-4-19(5-3-18)30-22-21(24-9-10-25-22)16-7-11-28(12-8-16)13-14-29/h1-6,9-10,14-16H,7-8,11-13H2,(H,26,27). The van der Waals surface area contributed by atoms with Gasteiger partial charge in [0.25, 0.3) is 0 Å². The van der Waals surface area contributed by atoms with Crippen molar-refractivity contribution < 1.29 is 9.53 Å². The summed E-state index contributed by atoms with van der Waals surface area (Å²) in [5.74, 6) is 2.20. The number of rotatable bonds is 7. The number of carbonyl (C=O) groups is 1. The first-order chi connectivity index (χ1) is 14.7. The number of aromatic nitrogens is 3. The number of aldehydes is 1. The van der Waals surface area contributed by atoms with Crippen molar-refractivity contribution in [3.63, 3.8) is 0 Å². The van der Waals surface area contributed by atoms with Gasteiger partial charge < -0.3 is 14.8 Å². The molecule has 0 atom stereocenters. The van der Waals surface area contributed by atoms with Crippen LogP contribution in [-0.2, 0) is 4.79 Å². The highest BCUT2D eigenvalue weighted by Crippen LogP contribution is 2.33. The number of benzene rings is 1. The molecule has 3 heterocycles. The average Bonchev–Trinajstić information content (AvgIpc) is 2.78. The number of carbonyl (C=O) groups excluding carboxylic acids is 1. The summed E-state index contributed by atoms with van der Waals surface area (Å²) in [5, 5.41) is 3.81. The number of nitrogens with zero attached hydrogens (tertiary/aromatic N) is 4. The van der Waals surface area contributed by atoms with Gasteiger partial charge in [0.2, 0.25) is 5.88 Å². The van der Waals surface area contributed by atoms with Crippen LogP contribution in [0.3, 0.4) is 0 Å². The van der Waals surface area contributed by atoms with Gasteiger partial charge in [-0.2, -0.15) is 0 Å². The van der Waals surface area contributed by atoms with E-state index in [9.17, 15) is 4.79 Å². The number of ether oxygens (including phenoxy) is 1. The van der Waals surface area contributed by atoms with Crippen molar-refractivity contribution in [3.8, 4) is 11.6 Å². The first kappa shape index (κ1) is 20.3. The Labute approximate surface area is 180 Å². The summed E-state index contributed by atoms with van der Waals surface area (Å²) in [6.07, 6.45) is 7.76. The van der Waals surface area contributed by atoms with E-state index < -0.39 is 0 Å². The van der Waals surface area contributed by atoms with E-state index in [4.69, 9.17) is 16.3 Å². The molecule has 154 valence electrons. The van der Waals surface area contributed by atoms with Crippen LogP contribution in [-0.4, -0.2) is 45.8 Å². The zero-order chi connectivity index (χ0) is 20.8. The highest BCUT2D eigenvalue weighted by atomic mass is 35.5. The van der Waals surface area contributed by atoms with Gasteiger partial charge in [0.1, 0.15) is 23.5 Å². The van der Waals surface area contributed by atoms with E-state index in [1.807, 2.05) is 30.3 Å². The molecular formula is C22H22ClN5O2. The molecule has 0 aliphatic carbocycles. The Kier molecular flexibility index (Phi) is 6.51. The number of anilines is 2. The van der Waals surface area contributed by atoms with Crippen molar-refractivity contribution in [1.82, 2.24) is 19.9 Å². The number of pyridine rings is 1. The molecule has 0 amide bonds. The molecule has 1 saturated heterocycles. The molecule has 0 unspecified atom stereocenters. The molecule has 0 spiro atoms. The minimum atomic E-state index is 0.272. The summed E-state index contributed by atoms with van der Waals surface area (Å²) in [7, 11) is 0. The molecule has 1 N–H and O–H groups in total. The first-order valence-electron chi connectivity index (χ1n) is 9.84. The second-order valence-corrected chi connectivity index (χ2v) is 7.54. The van der Waals surface area contributed by atoms with Gasteiger partial charge >= 0.3 is 0 Å². The molecule has 0 bridgehead atoms. The van der Waals surface area contributed by atoms with Crippen LogP contribution in [0.25, 0.3) is 0 Å². The van der Waals surface area contributed by atoms with Crippen LogP contribution < -0.4 is 10.1 Å². The molecular weight excluding hydrogens is 402 g/mol. The van der Waals surface area contributed by atoms with Gasteiger partial charge in [-0.15, -0.1) is 0 Å². The van der Waals surface area contributed by atoms with Gasteiger partial charge in [0.15, 0.2) is 0 Å². The first-order valence-corrected chi connectivity index (χ1v) is 10.2. The van der Waals surface area contributed by atoms with Crippen molar-refractivity contribution in [3.05, 3.63) is 65.7 Å². The van der Waals surface area contributed by atoms with Crippen molar-refractivity contribution in [2.75, 3.05) is 25.0 Å². The summed E-state index contributed by atoms with van der Waals surface area (Å²) in [6, 6.07) is 11.2. The van der Waals surface area contributed by atoms with Crippen molar-refractivity contribution in [2.45, 2.75) is 18.8 Å². The van der Waals surface area contributed by atoms with Gasteiger partial charge in [-0.05, 0) is 62.3 Å². The third kappa shape index (κ3) is 5.11. The van der Waals surface area contributed by atoms with E-state index in [1.54, 1.807) is 24.7 Å². The quantitative estimate of drug-likeness (QED) is 0.562. The lowest BCUT2D eigenvalue weighted by molar-refractivity contribution is -0.109. The highest BCUT2D eigenvalue weighted by Gasteiger charge is 2.25. The number of likely N-dealkylation sites (tertiary alicyclic amines) is 1. The lowest BCUT2D eigenvalue weighted by Crippen LogP contribution is -2.34. The summed E-state index contributed by atoms with van der Waals surface area (Å²) < 4.78 is 6.05. The summed E-state index contributed by atoms with van der Waals surface area (Å²) >= 11 is 5.87. The Bertz CT molecular complexity index is 974. The van der Waals surface area contributed by atoms with Crippen LogP contribution in [0, 0.1) is 0 Å². The third-order valence-corrected chi connectivity index (χ3v) is 5.29. The van der Waals surface area contributed by atoms with Gasteiger partial charge in [-0.25, -0.2) is 9.97 Å². The third-order valence-electron chi connectivity index (χ3n) is 5.07. The van der Waals surface area contributed by atoms with Crippen LogP contribution in [0.4, 0.5) is 11.5 Å². The molecule has 30 heavy (non-hydrogen) atoms. The SMILES string of the molecule is O=CCN1CCC(c2nccnc2Oc2ccc(Nc3ccc(Cl)cn3)cc2)CC1. The van der Waals surface area contributed by atoms with Crippen molar-refractivity contribution in [1.29, 1.82) is 0 Å². The molecule has 0 radical (unpaired) electrons. The van der Waals surface area contributed by atoms with Crippen LogP contribution in [0.5, 0.6) is 11.6 Å². The Morgan fingerprint density at radius 3 is 2.53 bits per heavy atom. The molecule has 0 saturated carbocycles. The van der Waals surface area contributed by atoms with Crippen LogP contribution in [0.1, 0.15) is 24.5 Å².